The molecule has 0 saturated carbocycles. The fourth-order valence-electron chi connectivity index (χ4n) is 3.77. The standard InChI is InChI=1S/C19H23N5/c1-13-10-17(20)23-18(22-13)19(2)7-3-9-24(19)12-14-4-5-15-6-8-21-16(15)11-14/h4-6,8,10-11,21H,3,7,9,12H2,1-2H3,(H2,20,22,23)/t19-/m0/s1. The summed E-state index contributed by atoms with van der Waals surface area (Å²) in [4.78, 5) is 15.0. The van der Waals surface area contributed by atoms with Gasteiger partial charge in [0.05, 0.1) is 5.54 Å². The number of benzene rings is 1. The summed E-state index contributed by atoms with van der Waals surface area (Å²) in [5, 5.41) is 1.25. The van der Waals surface area contributed by atoms with Crippen LogP contribution in [0.5, 0.6) is 0 Å². The molecule has 0 amide bonds. The van der Waals surface area contributed by atoms with Gasteiger partial charge in [0.15, 0.2) is 5.82 Å². The summed E-state index contributed by atoms with van der Waals surface area (Å²) in [5.74, 6) is 1.40. The van der Waals surface area contributed by atoms with Crippen LogP contribution in [0.3, 0.4) is 0 Å². The van der Waals surface area contributed by atoms with E-state index in [1.807, 2.05) is 19.2 Å². The number of nitrogen functional groups attached to an aromatic ring is 1. The van der Waals surface area contributed by atoms with Gasteiger partial charge in [-0.1, -0.05) is 12.1 Å². The van der Waals surface area contributed by atoms with Crippen LogP contribution in [0.4, 0.5) is 5.82 Å². The number of H-pyrrole nitrogens is 1. The van der Waals surface area contributed by atoms with Gasteiger partial charge in [0.25, 0.3) is 0 Å². The van der Waals surface area contributed by atoms with E-state index in [1.165, 1.54) is 16.5 Å². The van der Waals surface area contributed by atoms with Crippen LogP contribution in [0, 0.1) is 6.92 Å². The van der Waals surface area contributed by atoms with Crippen molar-refractivity contribution in [1.29, 1.82) is 0 Å². The van der Waals surface area contributed by atoms with Crippen molar-refractivity contribution in [3.63, 3.8) is 0 Å². The van der Waals surface area contributed by atoms with Crippen LogP contribution in [0.15, 0.2) is 36.5 Å². The molecule has 1 aliphatic heterocycles. The molecule has 5 nitrogen and oxygen atoms in total. The van der Waals surface area contributed by atoms with E-state index >= 15 is 0 Å². The number of aromatic amines is 1. The second-order valence-electron chi connectivity index (χ2n) is 6.96. The summed E-state index contributed by atoms with van der Waals surface area (Å²) < 4.78 is 0. The van der Waals surface area contributed by atoms with Gasteiger partial charge in [-0.25, -0.2) is 9.97 Å². The van der Waals surface area contributed by atoms with Gasteiger partial charge < -0.3 is 10.7 Å². The first kappa shape index (κ1) is 15.1. The number of aromatic nitrogens is 3. The zero-order valence-corrected chi connectivity index (χ0v) is 14.2. The summed E-state index contributed by atoms with van der Waals surface area (Å²) in [5.41, 5.74) is 9.22. The van der Waals surface area contributed by atoms with E-state index in [0.29, 0.717) is 5.82 Å². The molecular weight excluding hydrogens is 298 g/mol. The highest BCUT2D eigenvalue weighted by molar-refractivity contribution is 5.79. The molecule has 0 radical (unpaired) electrons. The zero-order chi connectivity index (χ0) is 16.7. The quantitative estimate of drug-likeness (QED) is 0.776. The molecule has 3 N–H and O–H groups in total. The van der Waals surface area contributed by atoms with Crippen molar-refractivity contribution in [3.05, 3.63) is 53.6 Å². The van der Waals surface area contributed by atoms with Gasteiger partial charge in [0, 0.05) is 30.0 Å². The number of nitrogens with one attached hydrogen (secondary N) is 1. The Balaban J connectivity index is 1.66. The van der Waals surface area contributed by atoms with Gasteiger partial charge in [0.2, 0.25) is 0 Å². The van der Waals surface area contributed by atoms with Crippen LogP contribution >= 0.6 is 0 Å². The second kappa shape index (κ2) is 5.60. The molecule has 2 aromatic heterocycles. The first-order chi connectivity index (χ1) is 11.5. The number of nitrogens with two attached hydrogens (primary N) is 1. The molecular formula is C19H23N5. The number of aryl methyl sites for hydroxylation is 1. The lowest BCUT2D eigenvalue weighted by molar-refractivity contribution is 0.138. The maximum atomic E-state index is 5.96. The predicted octanol–water partition coefficient (Wildman–Crippen LogP) is 3.36. The maximum absolute atomic E-state index is 5.96. The number of likely N-dealkylation sites (tertiary alicyclic amines) is 1. The topological polar surface area (TPSA) is 70.8 Å². The molecule has 1 fully saturated rings. The first-order valence-corrected chi connectivity index (χ1v) is 8.47. The van der Waals surface area contributed by atoms with Crippen molar-refractivity contribution in [3.8, 4) is 0 Å². The lowest BCUT2D eigenvalue weighted by atomic mass is 9.96. The van der Waals surface area contributed by atoms with Crippen LogP contribution in [0.25, 0.3) is 10.9 Å². The van der Waals surface area contributed by atoms with Crippen LogP contribution in [-0.2, 0) is 12.1 Å². The minimum Gasteiger partial charge on any atom is -0.384 e. The molecule has 124 valence electrons. The van der Waals surface area contributed by atoms with E-state index in [-0.39, 0.29) is 5.54 Å². The number of rotatable bonds is 3. The van der Waals surface area contributed by atoms with E-state index < -0.39 is 0 Å². The van der Waals surface area contributed by atoms with Crippen molar-refractivity contribution in [1.82, 2.24) is 19.9 Å². The molecule has 5 heteroatoms. The highest BCUT2D eigenvalue weighted by Crippen LogP contribution is 2.38. The van der Waals surface area contributed by atoms with Crippen LogP contribution in [0.2, 0.25) is 0 Å². The number of hydrogen-bond donors (Lipinski definition) is 2. The van der Waals surface area contributed by atoms with Crippen LogP contribution < -0.4 is 5.73 Å². The van der Waals surface area contributed by atoms with Gasteiger partial charge in [-0.3, -0.25) is 4.90 Å². The smallest absolute Gasteiger partial charge is 0.150 e. The Kier molecular flexibility index (Phi) is 3.53. The molecule has 0 spiro atoms. The minimum absolute atomic E-state index is 0.162. The highest BCUT2D eigenvalue weighted by atomic mass is 15.2. The molecule has 4 rings (SSSR count). The fourth-order valence-corrected chi connectivity index (χ4v) is 3.77. The summed E-state index contributed by atoms with van der Waals surface area (Å²) in [6.45, 7) is 6.16. The average molecular weight is 321 g/mol. The lowest BCUT2D eigenvalue weighted by Gasteiger charge is -2.34. The summed E-state index contributed by atoms with van der Waals surface area (Å²) >= 11 is 0. The number of nitrogens with zero attached hydrogens (tertiary/aromatic N) is 3. The molecule has 0 aliphatic carbocycles. The molecule has 0 bridgehead atoms. The van der Waals surface area contributed by atoms with E-state index in [9.17, 15) is 0 Å². The predicted molar refractivity (Wildman–Crippen MR) is 96.5 cm³/mol. The third kappa shape index (κ3) is 2.55. The third-order valence-corrected chi connectivity index (χ3v) is 5.14. The Bertz CT molecular complexity index is 864. The fraction of sp³-hybridized carbons (Fsp3) is 0.368. The molecule has 1 atom stereocenters. The molecule has 3 aromatic rings. The van der Waals surface area contributed by atoms with Crippen molar-refractivity contribution < 1.29 is 0 Å². The summed E-state index contributed by atoms with van der Waals surface area (Å²) in [6.07, 6.45) is 4.19. The van der Waals surface area contributed by atoms with Crippen molar-refractivity contribution >= 4 is 16.7 Å². The molecule has 1 saturated heterocycles. The third-order valence-electron chi connectivity index (χ3n) is 5.14. The minimum atomic E-state index is -0.162. The van der Waals surface area contributed by atoms with Crippen molar-refractivity contribution in [2.45, 2.75) is 38.8 Å². The lowest BCUT2D eigenvalue weighted by Crippen LogP contribution is -2.39. The number of fused-ring (bicyclic) bond motifs is 1. The second-order valence-corrected chi connectivity index (χ2v) is 6.96. The molecule has 1 aliphatic rings. The van der Waals surface area contributed by atoms with Crippen molar-refractivity contribution in [2.24, 2.45) is 0 Å². The number of anilines is 1. The summed E-state index contributed by atoms with van der Waals surface area (Å²) in [7, 11) is 0. The Morgan fingerprint density at radius 3 is 2.96 bits per heavy atom. The SMILES string of the molecule is Cc1cc(N)nc([C@]2(C)CCCN2Cc2ccc3cc[nH]c3c2)n1. The highest BCUT2D eigenvalue weighted by Gasteiger charge is 2.40. The summed E-state index contributed by atoms with van der Waals surface area (Å²) in [6, 6.07) is 10.5. The maximum Gasteiger partial charge on any atom is 0.150 e. The monoisotopic (exact) mass is 321 g/mol. The Morgan fingerprint density at radius 2 is 2.12 bits per heavy atom. The van der Waals surface area contributed by atoms with Crippen molar-refractivity contribution in [2.75, 3.05) is 12.3 Å². The first-order valence-electron chi connectivity index (χ1n) is 8.47. The molecule has 1 aromatic carbocycles. The molecule has 3 heterocycles. The number of hydrogen-bond acceptors (Lipinski definition) is 4. The largest absolute Gasteiger partial charge is 0.384 e. The Hall–Kier alpha value is -2.40. The van der Waals surface area contributed by atoms with E-state index in [2.05, 4.69) is 51.0 Å². The Morgan fingerprint density at radius 1 is 1.25 bits per heavy atom. The van der Waals surface area contributed by atoms with Crippen LogP contribution in [-0.4, -0.2) is 26.4 Å². The van der Waals surface area contributed by atoms with Gasteiger partial charge in [-0.15, -0.1) is 0 Å². The van der Waals surface area contributed by atoms with E-state index in [1.54, 1.807) is 0 Å². The van der Waals surface area contributed by atoms with Gasteiger partial charge in [-0.05, 0) is 56.3 Å². The van der Waals surface area contributed by atoms with E-state index in [0.717, 1.165) is 37.4 Å². The average Bonchev–Trinajstić information content (AvgIpc) is 3.14. The molecule has 24 heavy (non-hydrogen) atoms. The molecule has 0 unspecified atom stereocenters. The van der Waals surface area contributed by atoms with E-state index in [4.69, 9.17) is 5.73 Å². The Labute approximate surface area is 141 Å². The zero-order valence-electron chi connectivity index (χ0n) is 14.2. The van der Waals surface area contributed by atoms with Gasteiger partial charge in [0.1, 0.15) is 5.82 Å². The normalized spacial score (nSPS) is 21.6. The van der Waals surface area contributed by atoms with Crippen LogP contribution in [0.1, 0.15) is 36.8 Å². The van der Waals surface area contributed by atoms with Gasteiger partial charge >= 0.3 is 0 Å². The van der Waals surface area contributed by atoms with Gasteiger partial charge in [-0.2, -0.15) is 0 Å².